The minimum atomic E-state index is -0.257. The number of nitrogens with one attached hydrogen (secondary N) is 1. The van der Waals surface area contributed by atoms with Crippen molar-refractivity contribution in [2.75, 3.05) is 6.61 Å². The van der Waals surface area contributed by atoms with Crippen molar-refractivity contribution in [2.24, 2.45) is 0 Å². The molecule has 1 aromatic heterocycles. The number of hydrogen-bond donors (Lipinski definition) is 1. The molecule has 0 aromatic carbocycles. The van der Waals surface area contributed by atoms with Gasteiger partial charge < -0.3 is 4.74 Å². The number of ether oxygens (including phenoxy) is 1. The Kier molecular flexibility index (Phi) is 6.36. The van der Waals surface area contributed by atoms with Gasteiger partial charge in [-0.3, -0.25) is 15.1 Å². The minimum Gasteiger partial charge on any atom is -0.465 e. The largest absolute Gasteiger partial charge is 0.465 e. The average molecular weight is 250 g/mol. The SMILES string of the molecule is CCCC(N[C@H](C)c1ccccn1)C(=O)OCC. The van der Waals surface area contributed by atoms with E-state index >= 15 is 0 Å². The van der Waals surface area contributed by atoms with Gasteiger partial charge in [0.1, 0.15) is 6.04 Å². The average Bonchev–Trinajstić information content (AvgIpc) is 2.39. The molecule has 0 saturated carbocycles. The van der Waals surface area contributed by atoms with Crippen molar-refractivity contribution in [1.29, 1.82) is 0 Å². The summed E-state index contributed by atoms with van der Waals surface area (Å²) in [6, 6.07) is 5.55. The normalized spacial score (nSPS) is 13.9. The highest BCUT2D eigenvalue weighted by molar-refractivity contribution is 5.75. The summed E-state index contributed by atoms with van der Waals surface area (Å²) in [7, 11) is 0. The molecule has 4 heteroatoms. The van der Waals surface area contributed by atoms with Gasteiger partial charge in [-0.25, -0.2) is 0 Å². The number of pyridine rings is 1. The first-order chi connectivity index (χ1) is 8.69. The molecule has 0 aliphatic heterocycles. The van der Waals surface area contributed by atoms with Crippen LogP contribution in [0.15, 0.2) is 24.4 Å². The third kappa shape index (κ3) is 4.45. The highest BCUT2D eigenvalue weighted by Crippen LogP contribution is 2.11. The zero-order valence-electron chi connectivity index (χ0n) is 11.3. The fourth-order valence-corrected chi connectivity index (χ4v) is 1.82. The zero-order chi connectivity index (χ0) is 13.4. The summed E-state index contributed by atoms with van der Waals surface area (Å²) in [6.07, 6.45) is 3.47. The lowest BCUT2D eigenvalue weighted by atomic mass is 10.1. The second kappa shape index (κ2) is 7.82. The van der Waals surface area contributed by atoms with E-state index in [-0.39, 0.29) is 18.1 Å². The number of esters is 1. The maximum atomic E-state index is 11.8. The fourth-order valence-electron chi connectivity index (χ4n) is 1.82. The summed E-state index contributed by atoms with van der Waals surface area (Å²) < 4.78 is 5.07. The van der Waals surface area contributed by atoms with Gasteiger partial charge in [0.2, 0.25) is 0 Å². The molecule has 0 amide bonds. The molecule has 100 valence electrons. The zero-order valence-corrected chi connectivity index (χ0v) is 11.3. The van der Waals surface area contributed by atoms with E-state index in [0.717, 1.165) is 18.5 Å². The van der Waals surface area contributed by atoms with E-state index in [4.69, 9.17) is 4.74 Å². The van der Waals surface area contributed by atoms with Crippen LogP contribution in [-0.2, 0) is 9.53 Å². The van der Waals surface area contributed by atoms with E-state index in [9.17, 15) is 4.79 Å². The summed E-state index contributed by atoms with van der Waals surface area (Å²) in [5.74, 6) is -0.179. The molecule has 0 radical (unpaired) electrons. The Hall–Kier alpha value is -1.42. The van der Waals surface area contributed by atoms with Gasteiger partial charge in [0.05, 0.1) is 12.3 Å². The van der Waals surface area contributed by atoms with Crippen LogP contribution >= 0.6 is 0 Å². The van der Waals surface area contributed by atoms with Gasteiger partial charge in [-0.2, -0.15) is 0 Å². The first kappa shape index (κ1) is 14.6. The highest BCUT2D eigenvalue weighted by atomic mass is 16.5. The molecule has 2 atom stereocenters. The van der Waals surface area contributed by atoms with Gasteiger partial charge in [-0.1, -0.05) is 19.4 Å². The lowest BCUT2D eigenvalue weighted by Crippen LogP contribution is -2.39. The maximum absolute atomic E-state index is 11.8. The van der Waals surface area contributed by atoms with Crippen LogP contribution in [0.1, 0.15) is 45.3 Å². The smallest absolute Gasteiger partial charge is 0.323 e. The summed E-state index contributed by atoms with van der Waals surface area (Å²) in [5, 5.41) is 3.28. The standard InChI is InChI=1S/C14H22N2O2/c1-4-8-13(14(17)18-5-2)16-11(3)12-9-6-7-10-15-12/h6-7,9-11,13,16H,4-5,8H2,1-3H3/t11-,13?/m1/s1. The molecule has 4 nitrogen and oxygen atoms in total. The molecule has 0 bridgehead atoms. The summed E-state index contributed by atoms with van der Waals surface area (Å²) in [6.45, 7) is 6.30. The van der Waals surface area contributed by atoms with Crippen molar-refractivity contribution in [3.8, 4) is 0 Å². The van der Waals surface area contributed by atoms with E-state index in [1.54, 1.807) is 6.20 Å². The first-order valence-corrected chi connectivity index (χ1v) is 6.52. The van der Waals surface area contributed by atoms with Gasteiger partial charge in [0.25, 0.3) is 0 Å². The number of nitrogens with zero attached hydrogens (tertiary/aromatic N) is 1. The highest BCUT2D eigenvalue weighted by Gasteiger charge is 2.21. The van der Waals surface area contributed by atoms with Crippen molar-refractivity contribution in [3.63, 3.8) is 0 Å². The number of carbonyl (C=O) groups is 1. The van der Waals surface area contributed by atoms with Crippen molar-refractivity contribution in [1.82, 2.24) is 10.3 Å². The van der Waals surface area contributed by atoms with Crippen LogP contribution in [0.3, 0.4) is 0 Å². The number of carbonyl (C=O) groups excluding carboxylic acids is 1. The second-order valence-corrected chi connectivity index (χ2v) is 4.24. The van der Waals surface area contributed by atoms with Crippen LogP contribution in [0.2, 0.25) is 0 Å². The fraction of sp³-hybridized carbons (Fsp3) is 0.571. The molecule has 18 heavy (non-hydrogen) atoms. The van der Waals surface area contributed by atoms with Crippen LogP contribution in [0.4, 0.5) is 0 Å². The number of rotatable bonds is 7. The van der Waals surface area contributed by atoms with E-state index in [0.29, 0.717) is 6.61 Å². The molecule has 1 rings (SSSR count). The predicted molar refractivity (Wildman–Crippen MR) is 71.1 cm³/mol. The van der Waals surface area contributed by atoms with Crippen molar-refractivity contribution >= 4 is 5.97 Å². The quantitative estimate of drug-likeness (QED) is 0.755. The van der Waals surface area contributed by atoms with Gasteiger partial charge in [0.15, 0.2) is 0 Å². The van der Waals surface area contributed by atoms with Crippen LogP contribution in [-0.4, -0.2) is 23.6 Å². The lowest BCUT2D eigenvalue weighted by molar-refractivity contribution is -0.146. The lowest BCUT2D eigenvalue weighted by Gasteiger charge is -2.21. The summed E-state index contributed by atoms with van der Waals surface area (Å²) >= 11 is 0. The Morgan fingerprint density at radius 1 is 1.44 bits per heavy atom. The molecule has 1 unspecified atom stereocenters. The molecule has 0 spiro atoms. The van der Waals surface area contributed by atoms with Gasteiger partial charge >= 0.3 is 5.97 Å². The van der Waals surface area contributed by atoms with Crippen LogP contribution < -0.4 is 5.32 Å². The monoisotopic (exact) mass is 250 g/mol. The Labute approximate surface area is 109 Å². The summed E-state index contributed by atoms with van der Waals surface area (Å²) in [4.78, 5) is 16.1. The van der Waals surface area contributed by atoms with E-state index in [1.807, 2.05) is 32.0 Å². The van der Waals surface area contributed by atoms with Crippen LogP contribution in [0.5, 0.6) is 0 Å². The molecule has 0 aliphatic carbocycles. The topological polar surface area (TPSA) is 51.2 Å². The van der Waals surface area contributed by atoms with Crippen LogP contribution in [0, 0.1) is 0 Å². The number of hydrogen-bond acceptors (Lipinski definition) is 4. The summed E-state index contributed by atoms with van der Waals surface area (Å²) in [5.41, 5.74) is 0.933. The molecule has 0 saturated heterocycles. The Balaban J connectivity index is 2.63. The molecular weight excluding hydrogens is 228 g/mol. The molecule has 0 aliphatic rings. The Bertz CT molecular complexity index is 354. The Morgan fingerprint density at radius 3 is 2.78 bits per heavy atom. The Morgan fingerprint density at radius 2 is 2.22 bits per heavy atom. The third-order valence-corrected chi connectivity index (χ3v) is 2.73. The molecular formula is C14H22N2O2. The molecule has 1 N–H and O–H groups in total. The van der Waals surface area contributed by atoms with Crippen LogP contribution in [0.25, 0.3) is 0 Å². The van der Waals surface area contributed by atoms with Crippen molar-refractivity contribution < 1.29 is 9.53 Å². The van der Waals surface area contributed by atoms with Gasteiger partial charge in [-0.15, -0.1) is 0 Å². The number of aromatic nitrogens is 1. The maximum Gasteiger partial charge on any atom is 0.323 e. The van der Waals surface area contributed by atoms with Gasteiger partial charge in [0, 0.05) is 12.2 Å². The first-order valence-electron chi connectivity index (χ1n) is 6.52. The van der Waals surface area contributed by atoms with Crippen molar-refractivity contribution in [3.05, 3.63) is 30.1 Å². The third-order valence-electron chi connectivity index (χ3n) is 2.73. The minimum absolute atomic E-state index is 0.0344. The molecule has 1 aromatic rings. The van der Waals surface area contributed by atoms with E-state index in [1.165, 1.54) is 0 Å². The van der Waals surface area contributed by atoms with E-state index in [2.05, 4.69) is 17.2 Å². The van der Waals surface area contributed by atoms with E-state index < -0.39 is 0 Å². The van der Waals surface area contributed by atoms with Gasteiger partial charge in [-0.05, 0) is 32.4 Å². The van der Waals surface area contributed by atoms with Crippen molar-refractivity contribution in [2.45, 2.75) is 45.7 Å². The predicted octanol–water partition coefficient (Wildman–Crippen LogP) is 2.46. The molecule has 0 fully saturated rings. The molecule has 1 heterocycles. The second-order valence-electron chi connectivity index (χ2n) is 4.24.